The molecule has 0 aromatic heterocycles. The van der Waals surface area contributed by atoms with E-state index in [9.17, 15) is 9.90 Å². The largest absolute Gasteiger partial charge is 0.507 e. The van der Waals surface area contributed by atoms with Crippen molar-refractivity contribution in [2.24, 2.45) is 23.2 Å². The van der Waals surface area contributed by atoms with Gasteiger partial charge in [-0.05, 0) is 68.2 Å². The zero-order valence-corrected chi connectivity index (χ0v) is 21.8. The molecule has 2 aromatic carbocycles. The maximum atomic E-state index is 11.8. The van der Waals surface area contributed by atoms with Crippen molar-refractivity contribution in [3.63, 3.8) is 0 Å². The molecule has 3 saturated carbocycles. The van der Waals surface area contributed by atoms with E-state index in [0.29, 0.717) is 11.5 Å². The zero-order chi connectivity index (χ0) is 24.1. The third kappa shape index (κ3) is 6.15. The Morgan fingerprint density at radius 2 is 1.56 bits per heavy atom. The third-order valence-electron chi connectivity index (χ3n) is 7.46. The molecule has 2 bridgehead atoms. The topological polar surface area (TPSA) is 37.3 Å². The van der Waals surface area contributed by atoms with E-state index in [-0.39, 0.29) is 5.41 Å². The number of phenols is 1. The second kappa shape index (κ2) is 14.3. The maximum Gasteiger partial charge on any atom is 0.136 e. The lowest BCUT2D eigenvalue weighted by atomic mass is 9.66. The number of phenolic OH excluding ortho intramolecular Hbond substituents is 1. The van der Waals surface area contributed by atoms with Crippen molar-refractivity contribution in [1.29, 1.82) is 0 Å². The first-order valence-electron chi connectivity index (χ1n) is 13.2. The van der Waals surface area contributed by atoms with Crippen LogP contribution in [0.3, 0.4) is 0 Å². The van der Waals surface area contributed by atoms with Gasteiger partial charge in [0, 0.05) is 10.8 Å². The van der Waals surface area contributed by atoms with Gasteiger partial charge in [0.25, 0.3) is 0 Å². The molecule has 0 heterocycles. The van der Waals surface area contributed by atoms with Crippen molar-refractivity contribution in [3.05, 3.63) is 42.5 Å². The Morgan fingerprint density at radius 3 is 2.12 bits per heavy atom. The van der Waals surface area contributed by atoms with Crippen molar-refractivity contribution in [3.8, 4) is 5.75 Å². The number of carbonyl (C=O) groups excluding carboxylic acids is 1. The highest BCUT2D eigenvalue weighted by Crippen LogP contribution is 2.66. The first kappa shape index (κ1) is 28.2. The van der Waals surface area contributed by atoms with Gasteiger partial charge < -0.3 is 5.11 Å². The minimum Gasteiger partial charge on any atom is -0.507 e. The summed E-state index contributed by atoms with van der Waals surface area (Å²) in [6.07, 6.45) is 10.7. The summed E-state index contributed by atoms with van der Waals surface area (Å²) in [5.74, 6) is 3.37. The average Bonchev–Trinajstić information content (AvgIpc) is 3.57. The Kier molecular flexibility index (Phi) is 12.6. The highest BCUT2D eigenvalue weighted by Gasteiger charge is 2.61. The minimum absolute atomic E-state index is 0.183. The number of unbranched alkanes of at least 4 members (excludes halogenated alkanes) is 1. The van der Waals surface area contributed by atoms with Crippen molar-refractivity contribution < 1.29 is 9.90 Å². The number of Topliss-reactive ketones (excluding diaryl/α,β-unsaturated/α-hetero) is 1. The van der Waals surface area contributed by atoms with Gasteiger partial charge in [-0.2, -0.15) is 0 Å². The molecule has 3 fully saturated rings. The van der Waals surface area contributed by atoms with Gasteiger partial charge in [-0.15, -0.1) is 0 Å². The summed E-state index contributed by atoms with van der Waals surface area (Å²) in [4.78, 5) is 11.8. The molecule has 0 aliphatic heterocycles. The molecule has 4 unspecified atom stereocenters. The van der Waals surface area contributed by atoms with Gasteiger partial charge in [0.05, 0.1) is 0 Å². The summed E-state index contributed by atoms with van der Waals surface area (Å²) in [6, 6.07) is 13.3. The van der Waals surface area contributed by atoms with Gasteiger partial charge >= 0.3 is 0 Å². The predicted octanol–water partition coefficient (Wildman–Crippen LogP) is 9.20. The maximum absolute atomic E-state index is 11.8. The van der Waals surface area contributed by atoms with Gasteiger partial charge in [0.15, 0.2) is 0 Å². The SMILES string of the molecule is CC.CC.CC(=O)C12CCCC1C1CCC2C1.CCCC.Oc1cccc2ccccc12. The number of fused-ring (bicyclic) bond motifs is 6. The van der Waals surface area contributed by atoms with Crippen molar-refractivity contribution in [2.45, 2.75) is 99.8 Å². The lowest BCUT2D eigenvalue weighted by molar-refractivity contribution is -0.131. The molecule has 2 aromatic rings. The molecule has 1 N–H and O–H groups in total. The lowest BCUT2D eigenvalue weighted by Crippen LogP contribution is -2.38. The number of carbonyl (C=O) groups is 1. The van der Waals surface area contributed by atoms with E-state index in [1.807, 2.05) is 71.0 Å². The van der Waals surface area contributed by atoms with E-state index in [2.05, 4.69) is 13.8 Å². The molecule has 32 heavy (non-hydrogen) atoms. The summed E-state index contributed by atoms with van der Waals surface area (Å²) in [5.41, 5.74) is 0.183. The van der Waals surface area contributed by atoms with Crippen molar-refractivity contribution in [1.82, 2.24) is 0 Å². The summed E-state index contributed by atoms with van der Waals surface area (Å²) < 4.78 is 0. The number of aromatic hydroxyl groups is 1. The Morgan fingerprint density at radius 1 is 0.938 bits per heavy atom. The van der Waals surface area contributed by atoms with E-state index >= 15 is 0 Å². The molecule has 0 saturated heterocycles. The number of hydrogen-bond acceptors (Lipinski definition) is 2. The van der Waals surface area contributed by atoms with Crippen LogP contribution in [0.4, 0.5) is 0 Å². The van der Waals surface area contributed by atoms with E-state index in [0.717, 1.165) is 28.5 Å². The molecule has 3 aliphatic carbocycles. The van der Waals surface area contributed by atoms with E-state index in [1.54, 1.807) is 6.07 Å². The first-order valence-corrected chi connectivity index (χ1v) is 13.2. The summed E-state index contributed by atoms with van der Waals surface area (Å²) >= 11 is 0. The molecule has 0 radical (unpaired) electrons. The average molecular weight is 441 g/mol. The van der Waals surface area contributed by atoms with Crippen LogP contribution in [-0.4, -0.2) is 10.9 Å². The molecule has 0 amide bonds. The number of hydrogen-bond donors (Lipinski definition) is 1. The van der Waals surface area contributed by atoms with Crippen LogP contribution < -0.4 is 0 Å². The van der Waals surface area contributed by atoms with Crippen LogP contribution in [0, 0.1) is 23.2 Å². The Labute approximate surface area is 197 Å². The van der Waals surface area contributed by atoms with Crippen LogP contribution in [0.25, 0.3) is 10.8 Å². The monoisotopic (exact) mass is 440 g/mol. The third-order valence-corrected chi connectivity index (χ3v) is 7.46. The fraction of sp³-hybridized carbons (Fsp3) is 0.633. The molecule has 5 rings (SSSR count). The van der Waals surface area contributed by atoms with Gasteiger partial charge in [-0.25, -0.2) is 0 Å². The van der Waals surface area contributed by atoms with E-state index < -0.39 is 0 Å². The highest BCUT2D eigenvalue weighted by molar-refractivity contribution is 5.87. The number of rotatable bonds is 2. The normalized spacial score (nSPS) is 26.2. The van der Waals surface area contributed by atoms with Crippen LogP contribution in [0.1, 0.15) is 99.8 Å². The molecule has 4 atom stereocenters. The van der Waals surface area contributed by atoms with E-state index in [1.165, 1.54) is 51.4 Å². The molecule has 180 valence electrons. The summed E-state index contributed by atoms with van der Waals surface area (Å²) in [6.45, 7) is 14.2. The molecular formula is C30H48O2. The molecular weight excluding hydrogens is 392 g/mol. The van der Waals surface area contributed by atoms with Crippen LogP contribution in [0.2, 0.25) is 0 Å². The summed E-state index contributed by atoms with van der Waals surface area (Å²) in [7, 11) is 0. The molecule has 2 heteroatoms. The van der Waals surface area contributed by atoms with E-state index in [4.69, 9.17) is 0 Å². The summed E-state index contributed by atoms with van der Waals surface area (Å²) in [5, 5.41) is 11.4. The standard InChI is InChI=1S/C12H18O.C10H8O.C4H10.2C2H6/c1-8(13)12-6-2-3-11(12)9-4-5-10(12)7-9;11-10-7-3-5-8-4-1-2-6-9(8)10;1-3-4-2;2*1-2/h9-11H,2-7H2,1H3;1-7,11H;3-4H2,1-2H3;2*1-2H3. The Balaban J connectivity index is 0.000000246. The zero-order valence-electron chi connectivity index (χ0n) is 21.8. The van der Waals surface area contributed by atoms with Crippen molar-refractivity contribution >= 4 is 16.6 Å². The fourth-order valence-corrected chi connectivity index (χ4v) is 6.00. The Hall–Kier alpha value is -1.83. The Bertz CT molecular complexity index is 789. The van der Waals surface area contributed by atoms with Gasteiger partial charge in [0.2, 0.25) is 0 Å². The lowest BCUT2D eigenvalue weighted by Gasteiger charge is -2.37. The predicted molar refractivity (Wildman–Crippen MR) is 140 cm³/mol. The smallest absolute Gasteiger partial charge is 0.136 e. The minimum atomic E-state index is 0.183. The van der Waals surface area contributed by atoms with Crippen LogP contribution in [0.15, 0.2) is 42.5 Å². The van der Waals surface area contributed by atoms with Gasteiger partial charge in [-0.3, -0.25) is 4.79 Å². The number of ketones is 1. The molecule has 2 nitrogen and oxygen atoms in total. The van der Waals surface area contributed by atoms with Gasteiger partial charge in [-0.1, -0.05) is 97.2 Å². The van der Waals surface area contributed by atoms with Crippen LogP contribution in [-0.2, 0) is 4.79 Å². The van der Waals surface area contributed by atoms with Crippen LogP contribution >= 0.6 is 0 Å². The highest BCUT2D eigenvalue weighted by atomic mass is 16.3. The fourth-order valence-electron chi connectivity index (χ4n) is 6.00. The second-order valence-corrected chi connectivity index (χ2v) is 8.86. The molecule has 3 aliphatic rings. The molecule has 0 spiro atoms. The van der Waals surface area contributed by atoms with Crippen molar-refractivity contribution in [2.75, 3.05) is 0 Å². The van der Waals surface area contributed by atoms with Crippen LogP contribution in [0.5, 0.6) is 5.75 Å². The first-order chi connectivity index (χ1) is 15.5. The quantitative estimate of drug-likeness (QED) is 0.505. The second-order valence-electron chi connectivity index (χ2n) is 8.86. The number of benzene rings is 2. The van der Waals surface area contributed by atoms with Gasteiger partial charge in [0.1, 0.15) is 11.5 Å².